The topological polar surface area (TPSA) is 61.3 Å². The van der Waals surface area contributed by atoms with E-state index in [1.807, 2.05) is 46.0 Å². The molecule has 0 aliphatic heterocycles. The monoisotopic (exact) mass is 552 g/mol. The van der Waals surface area contributed by atoms with Crippen molar-refractivity contribution in [3.8, 4) is 21.7 Å². The Balaban J connectivity index is 2.03. The van der Waals surface area contributed by atoms with Crippen LogP contribution in [0.25, 0.3) is 31.9 Å². The molecule has 0 N–H and O–H groups in total. The predicted molar refractivity (Wildman–Crippen MR) is 146 cm³/mol. The van der Waals surface area contributed by atoms with Crippen LogP contribution in [0.1, 0.15) is 50.5 Å². The van der Waals surface area contributed by atoms with Crippen molar-refractivity contribution in [3.05, 3.63) is 70.0 Å². The van der Waals surface area contributed by atoms with Gasteiger partial charge in [-0.3, -0.25) is 4.98 Å². The summed E-state index contributed by atoms with van der Waals surface area (Å²) in [6, 6.07) is 12.5. The molecular formula is C28H29BrN2O3S. The van der Waals surface area contributed by atoms with Crippen LogP contribution in [0.4, 0.5) is 0 Å². The molecule has 0 bridgehead atoms. The highest BCUT2D eigenvalue weighted by molar-refractivity contribution is 9.10. The molecule has 2 aromatic carbocycles. The van der Waals surface area contributed by atoms with Crippen molar-refractivity contribution in [2.75, 3.05) is 7.11 Å². The Bertz CT molecular complexity index is 1370. The van der Waals surface area contributed by atoms with Crippen LogP contribution in [-0.2, 0) is 20.7 Å². The molecule has 2 aromatic heterocycles. The number of pyridine rings is 1. The number of hydrogen-bond acceptors (Lipinski definition) is 6. The van der Waals surface area contributed by atoms with Crippen molar-refractivity contribution in [1.82, 2.24) is 9.97 Å². The number of fused-ring (bicyclic) bond motifs is 1. The Morgan fingerprint density at radius 2 is 1.83 bits per heavy atom. The van der Waals surface area contributed by atoms with Gasteiger partial charge in [0.05, 0.1) is 22.9 Å². The minimum atomic E-state index is -0.872. The number of thiazole rings is 1. The van der Waals surface area contributed by atoms with Crippen molar-refractivity contribution in [3.63, 3.8) is 0 Å². The molecule has 2 heterocycles. The molecule has 0 spiro atoms. The van der Waals surface area contributed by atoms with Gasteiger partial charge in [0.2, 0.25) is 0 Å². The molecule has 4 rings (SSSR count). The summed E-state index contributed by atoms with van der Waals surface area (Å²) >= 11 is 5.10. The van der Waals surface area contributed by atoms with Crippen molar-refractivity contribution in [2.45, 2.75) is 52.7 Å². The molecule has 182 valence electrons. The van der Waals surface area contributed by atoms with Crippen LogP contribution in [0.15, 0.2) is 53.3 Å². The van der Waals surface area contributed by atoms with Crippen LogP contribution in [0.5, 0.6) is 0 Å². The SMILES string of the molecule is CCc1ccc(-c2c(C(OC(C)(C)C)C(=O)OC)c(C)cc3nc(-c4cncc(Br)c4)sc23)cc1. The van der Waals surface area contributed by atoms with E-state index in [0.717, 1.165) is 53.9 Å². The molecule has 0 aliphatic carbocycles. The number of nitrogens with zero attached hydrogens (tertiary/aromatic N) is 2. The number of aromatic nitrogens is 2. The standard InChI is InChI=1S/C28H29BrN2O3S/c1-7-17-8-10-18(11-9-17)23-22(24(27(32)33-6)34-28(3,4)5)16(2)12-21-25(23)35-26(31-21)19-13-20(29)15-30-14-19/h8-15,24H,7H2,1-6H3. The molecule has 0 saturated carbocycles. The first-order valence-corrected chi connectivity index (χ1v) is 13.1. The molecule has 0 aliphatic rings. The summed E-state index contributed by atoms with van der Waals surface area (Å²) in [6.07, 6.45) is 3.65. The third-order valence-corrected chi connectivity index (χ3v) is 7.25. The normalized spacial score (nSPS) is 12.7. The fraction of sp³-hybridized carbons (Fsp3) is 0.321. The van der Waals surface area contributed by atoms with Crippen LogP contribution in [-0.4, -0.2) is 28.6 Å². The quantitative estimate of drug-likeness (QED) is 0.229. The van der Waals surface area contributed by atoms with Gasteiger partial charge in [0.1, 0.15) is 5.01 Å². The van der Waals surface area contributed by atoms with Crippen molar-refractivity contribution in [2.24, 2.45) is 0 Å². The Labute approximate surface area is 218 Å². The second kappa shape index (κ2) is 10.2. The molecule has 1 atom stereocenters. The summed E-state index contributed by atoms with van der Waals surface area (Å²) < 4.78 is 13.4. The number of halogens is 1. The van der Waals surface area contributed by atoms with E-state index < -0.39 is 17.7 Å². The number of ether oxygens (including phenoxy) is 2. The first-order valence-electron chi connectivity index (χ1n) is 11.5. The van der Waals surface area contributed by atoms with Crippen LogP contribution in [0.2, 0.25) is 0 Å². The minimum absolute atomic E-state index is 0.422. The lowest BCUT2D eigenvalue weighted by molar-refractivity contribution is -0.164. The van der Waals surface area contributed by atoms with E-state index in [2.05, 4.69) is 52.1 Å². The molecule has 0 saturated heterocycles. The van der Waals surface area contributed by atoms with Crippen molar-refractivity contribution >= 4 is 43.5 Å². The molecule has 0 fully saturated rings. The van der Waals surface area contributed by atoms with Crippen LogP contribution >= 0.6 is 27.3 Å². The Hall–Kier alpha value is -2.61. The van der Waals surface area contributed by atoms with E-state index in [9.17, 15) is 4.79 Å². The Kier molecular flexibility index (Phi) is 7.40. The van der Waals surface area contributed by atoms with Gasteiger partial charge in [0, 0.05) is 33.6 Å². The van der Waals surface area contributed by atoms with E-state index in [1.165, 1.54) is 12.7 Å². The summed E-state index contributed by atoms with van der Waals surface area (Å²) in [7, 11) is 1.40. The van der Waals surface area contributed by atoms with Gasteiger partial charge in [-0.05, 0) is 78.9 Å². The average molecular weight is 554 g/mol. The molecule has 5 nitrogen and oxygen atoms in total. The number of carbonyl (C=O) groups is 1. The zero-order valence-electron chi connectivity index (χ0n) is 20.8. The highest BCUT2D eigenvalue weighted by Gasteiger charge is 2.33. The molecule has 1 unspecified atom stereocenters. The van der Waals surface area contributed by atoms with Gasteiger partial charge in [-0.15, -0.1) is 11.3 Å². The zero-order valence-corrected chi connectivity index (χ0v) is 23.2. The van der Waals surface area contributed by atoms with Gasteiger partial charge in [-0.25, -0.2) is 9.78 Å². The Morgan fingerprint density at radius 1 is 1.11 bits per heavy atom. The van der Waals surface area contributed by atoms with Crippen LogP contribution < -0.4 is 0 Å². The van der Waals surface area contributed by atoms with E-state index >= 15 is 0 Å². The molecule has 35 heavy (non-hydrogen) atoms. The number of benzene rings is 2. The smallest absolute Gasteiger partial charge is 0.339 e. The van der Waals surface area contributed by atoms with E-state index in [-0.39, 0.29) is 0 Å². The first-order chi connectivity index (χ1) is 16.6. The first kappa shape index (κ1) is 25.5. The van der Waals surface area contributed by atoms with Gasteiger partial charge in [-0.2, -0.15) is 0 Å². The van der Waals surface area contributed by atoms with Gasteiger partial charge in [-0.1, -0.05) is 31.2 Å². The third kappa shape index (κ3) is 5.47. The summed E-state index contributed by atoms with van der Waals surface area (Å²) in [5, 5.41) is 0.864. The number of aryl methyl sites for hydroxylation is 2. The maximum Gasteiger partial charge on any atom is 0.339 e. The second-order valence-electron chi connectivity index (χ2n) is 9.43. The summed E-state index contributed by atoms with van der Waals surface area (Å²) in [4.78, 5) is 22.3. The zero-order chi connectivity index (χ0) is 25.3. The number of rotatable bonds is 6. The second-order valence-corrected chi connectivity index (χ2v) is 11.3. The lowest BCUT2D eigenvalue weighted by Crippen LogP contribution is -2.29. The highest BCUT2D eigenvalue weighted by atomic mass is 79.9. The van der Waals surface area contributed by atoms with Crippen LogP contribution in [0.3, 0.4) is 0 Å². The summed E-state index contributed by atoms with van der Waals surface area (Å²) in [6.45, 7) is 9.96. The number of carbonyl (C=O) groups excluding carboxylic acids is 1. The number of methoxy groups -OCH3 is 1. The summed E-state index contributed by atoms with van der Waals surface area (Å²) in [5.41, 5.74) is 6.21. The fourth-order valence-electron chi connectivity index (χ4n) is 4.08. The van der Waals surface area contributed by atoms with E-state index in [4.69, 9.17) is 14.5 Å². The number of hydrogen-bond donors (Lipinski definition) is 0. The third-order valence-electron chi connectivity index (χ3n) is 5.68. The minimum Gasteiger partial charge on any atom is -0.467 e. The van der Waals surface area contributed by atoms with Crippen LogP contribution in [0, 0.1) is 6.92 Å². The van der Waals surface area contributed by atoms with Gasteiger partial charge in [0.15, 0.2) is 6.10 Å². The summed E-state index contributed by atoms with van der Waals surface area (Å²) in [5.74, 6) is -0.422. The molecule has 7 heteroatoms. The fourth-order valence-corrected chi connectivity index (χ4v) is 5.55. The highest BCUT2D eigenvalue weighted by Crippen LogP contribution is 2.44. The van der Waals surface area contributed by atoms with Gasteiger partial charge in [0.25, 0.3) is 0 Å². The molecule has 0 amide bonds. The maximum absolute atomic E-state index is 13.1. The molecule has 0 radical (unpaired) electrons. The van der Waals surface area contributed by atoms with Crippen molar-refractivity contribution < 1.29 is 14.3 Å². The predicted octanol–water partition coefficient (Wildman–Crippen LogP) is 7.69. The van der Waals surface area contributed by atoms with E-state index in [1.54, 1.807) is 17.5 Å². The van der Waals surface area contributed by atoms with Gasteiger partial charge < -0.3 is 9.47 Å². The van der Waals surface area contributed by atoms with Crippen molar-refractivity contribution in [1.29, 1.82) is 0 Å². The molecule has 4 aromatic rings. The lowest BCUT2D eigenvalue weighted by atomic mass is 9.90. The lowest BCUT2D eigenvalue weighted by Gasteiger charge is -2.29. The molecular weight excluding hydrogens is 524 g/mol. The van der Waals surface area contributed by atoms with E-state index in [0.29, 0.717) is 0 Å². The maximum atomic E-state index is 13.1. The average Bonchev–Trinajstić information content (AvgIpc) is 3.24. The Morgan fingerprint density at radius 3 is 2.43 bits per heavy atom. The van der Waals surface area contributed by atoms with Gasteiger partial charge >= 0.3 is 5.97 Å². The largest absolute Gasteiger partial charge is 0.467 e. The number of esters is 1.